The van der Waals surface area contributed by atoms with E-state index in [1.165, 1.54) is 0 Å². The summed E-state index contributed by atoms with van der Waals surface area (Å²) in [6.07, 6.45) is 6.84. The van der Waals surface area contributed by atoms with Gasteiger partial charge in [0.2, 0.25) is 11.8 Å². The molecule has 0 bridgehead atoms. The van der Waals surface area contributed by atoms with Crippen LogP contribution in [0.5, 0.6) is 0 Å². The normalized spacial score (nSPS) is 11.3. The lowest BCUT2D eigenvalue weighted by Gasteiger charge is -2.12. The molecule has 5 nitrogen and oxygen atoms in total. The highest BCUT2D eigenvalue weighted by Gasteiger charge is 2.08. The molecule has 1 unspecified atom stereocenters. The van der Waals surface area contributed by atoms with E-state index in [2.05, 4.69) is 16.6 Å². The van der Waals surface area contributed by atoms with E-state index in [1.54, 1.807) is 0 Å². The minimum atomic E-state index is -0.363. The highest BCUT2D eigenvalue weighted by molar-refractivity contribution is 5.85. The quantitative estimate of drug-likeness (QED) is 0.492. The molecule has 0 heterocycles. The van der Waals surface area contributed by atoms with Crippen LogP contribution in [0, 0.1) is 12.3 Å². The lowest BCUT2D eigenvalue weighted by Crippen LogP contribution is -2.42. The molecule has 2 amide bonds. The molecular weight excluding hydrogens is 194 g/mol. The molecule has 0 rings (SSSR count). The fourth-order valence-corrected chi connectivity index (χ4v) is 0.982. The van der Waals surface area contributed by atoms with Crippen LogP contribution in [0.2, 0.25) is 0 Å². The molecule has 0 saturated carbocycles. The van der Waals surface area contributed by atoms with Crippen LogP contribution in [-0.4, -0.2) is 30.9 Å². The van der Waals surface area contributed by atoms with Gasteiger partial charge >= 0.3 is 0 Å². The fraction of sp³-hybridized carbons (Fsp3) is 0.600. The molecular formula is C10H17N3O2. The van der Waals surface area contributed by atoms with Gasteiger partial charge in [-0.25, -0.2) is 0 Å². The summed E-state index contributed by atoms with van der Waals surface area (Å²) in [7, 11) is 0. The Hall–Kier alpha value is -1.54. The van der Waals surface area contributed by atoms with Crippen LogP contribution >= 0.6 is 0 Å². The van der Waals surface area contributed by atoms with E-state index in [4.69, 9.17) is 12.2 Å². The average molecular weight is 211 g/mol. The minimum absolute atomic E-state index is 0.0854. The van der Waals surface area contributed by atoms with Gasteiger partial charge < -0.3 is 16.4 Å². The molecule has 0 spiro atoms. The summed E-state index contributed by atoms with van der Waals surface area (Å²) in [5, 5.41) is 4.98. The maximum atomic E-state index is 11.2. The first-order chi connectivity index (χ1) is 7.13. The number of carbonyl (C=O) groups is 2. The van der Waals surface area contributed by atoms with Gasteiger partial charge in [-0.05, 0) is 6.42 Å². The van der Waals surface area contributed by atoms with Gasteiger partial charge in [0.15, 0.2) is 0 Å². The van der Waals surface area contributed by atoms with E-state index >= 15 is 0 Å². The maximum Gasteiger partial charge on any atom is 0.240 e. The van der Waals surface area contributed by atoms with Crippen LogP contribution in [0.1, 0.15) is 19.8 Å². The summed E-state index contributed by atoms with van der Waals surface area (Å²) >= 11 is 0. The summed E-state index contributed by atoms with van der Waals surface area (Å²) < 4.78 is 0. The van der Waals surface area contributed by atoms with E-state index in [1.807, 2.05) is 6.92 Å². The summed E-state index contributed by atoms with van der Waals surface area (Å²) in [4.78, 5) is 22.0. The topological polar surface area (TPSA) is 84.2 Å². The number of hydrogen-bond acceptors (Lipinski definition) is 3. The molecule has 0 aliphatic heterocycles. The zero-order chi connectivity index (χ0) is 11.7. The number of carbonyl (C=O) groups excluding carboxylic acids is 2. The molecule has 0 radical (unpaired) electrons. The second-order valence-electron chi connectivity index (χ2n) is 3.06. The van der Waals surface area contributed by atoms with E-state index in [9.17, 15) is 9.59 Å². The summed E-state index contributed by atoms with van der Waals surface area (Å²) in [5.74, 6) is 1.81. The molecule has 4 N–H and O–H groups in total. The number of amides is 2. The van der Waals surface area contributed by atoms with Crippen molar-refractivity contribution in [1.82, 2.24) is 10.6 Å². The predicted octanol–water partition coefficient (Wildman–Crippen LogP) is -1.02. The summed E-state index contributed by atoms with van der Waals surface area (Å²) in [5.41, 5.74) is 5.06. The number of nitrogens with two attached hydrogens (primary N) is 1. The van der Waals surface area contributed by atoms with Gasteiger partial charge in [0, 0.05) is 0 Å². The third kappa shape index (κ3) is 6.52. The van der Waals surface area contributed by atoms with Gasteiger partial charge in [0.05, 0.1) is 19.1 Å². The van der Waals surface area contributed by atoms with E-state index < -0.39 is 0 Å². The molecule has 0 aliphatic rings. The number of hydrogen-bond donors (Lipinski definition) is 3. The van der Waals surface area contributed by atoms with Crippen LogP contribution in [0.15, 0.2) is 0 Å². The Kier molecular flexibility index (Phi) is 7.02. The molecule has 0 fully saturated rings. The molecule has 0 aromatic rings. The van der Waals surface area contributed by atoms with Gasteiger partial charge in [-0.15, -0.1) is 6.42 Å². The van der Waals surface area contributed by atoms with Crippen LogP contribution in [0.3, 0.4) is 0 Å². The predicted molar refractivity (Wildman–Crippen MR) is 57.7 cm³/mol. The Morgan fingerprint density at radius 2 is 2.13 bits per heavy atom. The summed E-state index contributed by atoms with van der Waals surface area (Å²) in [6.45, 7) is 1.77. The van der Waals surface area contributed by atoms with Crippen molar-refractivity contribution in [3.8, 4) is 12.3 Å². The Bertz CT molecular complexity index is 258. The van der Waals surface area contributed by atoms with Gasteiger partial charge in [0.1, 0.15) is 0 Å². The molecule has 0 aliphatic carbocycles. The van der Waals surface area contributed by atoms with Crippen LogP contribution in [0.4, 0.5) is 0 Å². The third-order valence-electron chi connectivity index (χ3n) is 1.75. The molecule has 15 heavy (non-hydrogen) atoms. The Balaban J connectivity index is 3.82. The second kappa shape index (κ2) is 7.83. The Morgan fingerprint density at radius 1 is 1.47 bits per heavy atom. The standard InChI is InChI=1S/C10H17N3O2/c1-3-5-8(4-2)13-10(15)7-12-9(14)6-11/h2,8H,3,5-7,11H2,1H3,(H,12,14)(H,13,15). The number of terminal acetylenes is 1. The molecule has 1 atom stereocenters. The smallest absolute Gasteiger partial charge is 0.240 e. The average Bonchev–Trinajstić information content (AvgIpc) is 2.25. The monoisotopic (exact) mass is 211 g/mol. The Labute approximate surface area is 89.8 Å². The van der Waals surface area contributed by atoms with Crippen molar-refractivity contribution in [2.75, 3.05) is 13.1 Å². The van der Waals surface area contributed by atoms with Gasteiger partial charge in [-0.3, -0.25) is 9.59 Å². The minimum Gasteiger partial charge on any atom is -0.346 e. The summed E-state index contributed by atoms with van der Waals surface area (Å²) in [6, 6.07) is -0.266. The SMILES string of the molecule is C#CC(CCC)NC(=O)CNC(=O)CN. The first-order valence-electron chi connectivity index (χ1n) is 4.86. The molecule has 0 aromatic heterocycles. The molecule has 5 heteroatoms. The molecule has 0 saturated heterocycles. The van der Waals surface area contributed by atoms with Gasteiger partial charge in [-0.2, -0.15) is 0 Å². The molecule has 84 valence electrons. The second-order valence-corrected chi connectivity index (χ2v) is 3.06. The van der Waals surface area contributed by atoms with Crippen molar-refractivity contribution < 1.29 is 9.59 Å². The number of nitrogens with one attached hydrogen (secondary N) is 2. The van der Waals surface area contributed by atoms with Gasteiger partial charge in [-0.1, -0.05) is 19.3 Å². The maximum absolute atomic E-state index is 11.2. The lowest BCUT2D eigenvalue weighted by atomic mass is 10.2. The third-order valence-corrected chi connectivity index (χ3v) is 1.75. The zero-order valence-corrected chi connectivity index (χ0v) is 8.88. The zero-order valence-electron chi connectivity index (χ0n) is 8.88. The van der Waals surface area contributed by atoms with Crippen molar-refractivity contribution in [3.63, 3.8) is 0 Å². The van der Waals surface area contributed by atoms with Crippen LogP contribution < -0.4 is 16.4 Å². The van der Waals surface area contributed by atoms with E-state index in [0.29, 0.717) is 0 Å². The van der Waals surface area contributed by atoms with Crippen LogP contribution in [0.25, 0.3) is 0 Å². The molecule has 0 aromatic carbocycles. The van der Waals surface area contributed by atoms with Gasteiger partial charge in [0.25, 0.3) is 0 Å². The van der Waals surface area contributed by atoms with Crippen molar-refractivity contribution in [2.24, 2.45) is 5.73 Å². The first kappa shape index (κ1) is 13.5. The lowest BCUT2D eigenvalue weighted by molar-refractivity contribution is -0.125. The van der Waals surface area contributed by atoms with Crippen molar-refractivity contribution in [3.05, 3.63) is 0 Å². The number of rotatable bonds is 6. The van der Waals surface area contributed by atoms with Crippen molar-refractivity contribution in [1.29, 1.82) is 0 Å². The van der Waals surface area contributed by atoms with Crippen molar-refractivity contribution >= 4 is 11.8 Å². The first-order valence-corrected chi connectivity index (χ1v) is 4.86. The highest BCUT2D eigenvalue weighted by atomic mass is 16.2. The van der Waals surface area contributed by atoms with E-state index in [0.717, 1.165) is 12.8 Å². The highest BCUT2D eigenvalue weighted by Crippen LogP contribution is 1.93. The largest absolute Gasteiger partial charge is 0.346 e. The van der Waals surface area contributed by atoms with Crippen LogP contribution in [-0.2, 0) is 9.59 Å². The fourth-order valence-electron chi connectivity index (χ4n) is 0.982. The van der Waals surface area contributed by atoms with Crippen molar-refractivity contribution in [2.45, 2.75) is 25.8 Å². The van der Waals surface area contributed by atoms with E-state index in [-0.39, 0.29) is 30.9 Å². The Morgan fingerprint density at radius 3 is 2.60 bits per heavy atom.